The minimum absolute atomic E-state index is 0.0772. The zero-order valence-corrected chi connectivity index (χ0v) is 11.0. The molecule has 0 amide bonds. The van der Waals surface area contributed by atoms with Crippen LogP contribution in [0, 0.1) is 0 Å². The zero-order valence-electron chi connectivity index (χ0n) is 9.43. The number of rotatable bonds is 2. The summed E-state index contributed by atoms with van der Waals surface area (Å²) >= 11 is 7.32. The molecule has 1 fully saturated rings. The topological polar surface area (TPSA) is 24.9 Å². The van der Waals surface area contributed by atoms with Crippen LogP contribution in [-0.2, 0) is 6.18 Å². The fourth-order valence-corrected chi connectivity index (χ4v) is 3.11. The first kappa shape index (κ1) is 14.0. The number of piperidine rings is 1. The molecular weight excluding hydrogens is 285 g/mol. The van der Waals surface area contributed by atoms with Crippen molar-refractivity contribution in [3.05, 3.63) is 22.8 Å². The van der Waals surface area contributed by atoms with Crippen LogP contribution in [-0.4, -0.2) is 23.3 Å². The van der Waals surface area contributed by atoms with Crippen LogP contribution in [0.1, 0.15) is 18.4 Å². The first-order chi connectivity index (χ1) is 8.47. The minimum Gasteiger partial charge on any atom is -0.317 e. The molecule has 1 aromatic rings. The second-order valence-electron chi connectivity index (χ2n) is 4.08. The molecule has 1 aromatic heterocycles. The molecule has 0 spiro atoms. The summed E-state index contributed by atoms with van der Waals surface area (Å²) in [5, 5.41) is 4.16. The largest absolute Gasteiger partial charge is 0.417 e. The van der Waals surface area contributed by atoms with Crippen molar-refractivity contribution < 1.29 is 13.2 Å². The van der Waals surface area contributed by atoms with E-state index in [0.29, 0.717) is 10.3 Å². The summed E-state index contributed by atoms with van der Waals surface area (Å²) in [6.07, 6.45) is -1.60. The van der Waals surface area contributed by atoms with Gasteiger partial charge in [0.2, 0.25) is 0 Å². The average molecular weight is 297 g/mol. The number of nitrogens with zero attached hydrogens (tertiary/aromatic N) is 1. The number of halogens is 4. The summed E-state index contributed by atoms with van der Waals surface area (Å²) in [6.45, 7) is 1.85. The first-order valence-electron chi connectivity index (χ1n) is 5.57. The van der Waals surface area contributed by atoms with Crippen LogP contribution in [0.25, 0.3) is 0 Å². The smallest absolute Gasteiger partial charge is 0.317 e. The second-order valence-corrected chi connectivity index (χ2v) is 5.77. The van der Waals surface area contributed by atoms with Gasteiger partial charge in [-0.3, -0.25) is 0 Å². The highest BCUT2D eigenvalue weighted by molar-refractivity contribution is 8.00. The highest BCUT2D eigenvalue weighted by atomic mass is 35.5. The highest BCUT2D eigenvalue weighted by Crippen LogP contribution is 2.36. The molecule has 2 rings (SSSR count). The molecule has 0 bridgehead atoms. The van der Waals surface area contributed by atoms with Gasteiger partial charge in [0.1, 0.15) is 5.03 Å². The van der Waals surface area contributed by atoms with E-state index >= 15 is 0 Å². The fraction of sp³-hybridized carbons (Fsp3) is 0.545. The van der Waals surface area contributed by atoms with Crippen LogP contribution in [0.2, 0.25) is 5.02 Å². The van der Waals surface area contributed by atoms with Gasteiger partial charge in [0, 0.05) is 11.4 Å². The summed E-state index contributed by atoms with van der Waals surface area (Å²) in [5.41, 5.74) is -0.804. The third kappa shape index (κ3) is 3.52. The number of alkyl halides is 3. The molecule has 0 unspecified atom stereocenters. The van der Waals surface area contributed by atoms with E-state index in [2.05, 4.69) is 10.3 Å². The lowest BCUT2D eigenvalue weighted by atomic mass is 10.2. The van der Waals surface area contributed by atoms with E-state index in [1.54, 1.807) is 0 Å². The molecule has 2 heterocycles. The Kier molecular flexibility index (Phi) is 4.40. The second kappa shape index (κ2) is 5.67. The Morgan fingerprint density at radius 1 is 1.33 bits per heavy atom. The van der Waals surface area contributed by atoms with Crippen molar-refractivity contribution in [3.63, 3.8) is 0 Å². The van der Waals surface area contributed by atoms with Gasteiger partial charge in [-0.05, 0) is 32.0 Å². The molecule has 1 aliphatic rings. The Balaban J connectivity index is 2.09. The summed E-state index contributed by atoms with van der Waals surface area (Å²) in [7, 11) is 0. The number of nitrogens with one attached hydrogen (secondary N) is 1. The monoisotopic (exact) mass is 296 g/mol. The van der Waals surface area contributed by atoms with Gasteiger partial charge < -0.3 is 5.32 Å². The van der Waals surface area contributed by atoms with Crippen molar-refractivity contribution in [2.75, 3.05) is 13.1 Å². The third-order valence-corrected chi connectivity index (χ3v) is 4.45. The molecule has 2 nitrogen and oxygen atoms in total. The number of hydrogen-bond donors (Lipinski definition) is 1. The molecule has 1 saturated heterocycles. The van der Waals surface area contributed by atoms with Crippen LogP contribution in [0.3, 0.4) is 0 Å². The predicted octanol–water partition coefficient (Wildman–Crippen LogP) is 3.60. The van der Waals surface area contributed by atoms with Crippen molar-refractivity contribution in [3.8, 4) is 0 Å². The van der Waals surface area contributed by atoms with E-state index in [0.717, 1.165) is 38.2 Å². The zero-order chi connectivity index (χ0) is 13.2. The van der Waals surface area contributed by atoms with E-state index in [-0.39, 0.29) is 5.02 Å². The van der Waals surface area contributed by atoms with Gasteiger partial charge in [0.25, 0.3) is 0 Å². The Morgan fingerprint density at radius 2 is 2.00 bits per heavy atom. The van der Waals surface area contributed by atoms with Gasteiger partial charge in [-0.2, -0.15) is 13.2 Å². The molecule has 7 heteroatoms. The number of thioether (sulfide) groups is 1. The number of pyridine rings is 1. The van der Waals surface area contributed by atoms with Crippen LogP contribution < -0.4 is 5.32 Å². The van der Waals surface area contributed by atoms with Gasteiger partial charge in [0.15, 0.2) is 0 Å². The molecule has 18 heavy (non-hydrogen) atoms. The fourth-order valence-electron chi connectivity index (χ4n) is 1.74. The molecule has 0 saturated carbocycles. The predicted molar refractivity (Wildman–Crippen MR) is 66.0 cm³/mol. The molecule has 0 atom stereocenters. The van der Waals surface area contributed by atoms with Crippen molar-refractivity contribution >= 4 is 23.4 Å². The lowest BCUT2D eigenvalue weighted by Gasteiger charge is -2.22. The van der Waals surface area contributed by atoms with Gasteiger partial charge in [-0.15, -0.1) is 11.8 Å². The van der Waals surface area contributed by atoms with Gasteiger partial charge >= 0.3 is 6.18 Å². The average Bonchev–Trinajstić information content (AvgIpc) is 2.32. The van der Waals surface area contributed by atoms with Crippen molar-refractivity contribution in [2.24, 2.45) is 0 Å². The molecule has 1 aliphatic heterocycles. The minimum atomic E-state index is -4.39. The Bertz CT molecular complexity index is 419. The molecule has 1 N–H and O–H groups in total. The molecule has 0 aliphatic carbocycles. The summed E-state index contributed by atoms with van der Waals surface area (Å²) in [4.78, 5) is 3.83. The van der Waals surface area contributed by atoms with E-state index in [9.17, 15) is 13.2 Å². The van der Waals surface area contributed by atoms with E-state index in [1.165, 1.54) is 11.8 Å². The standard InChI is InChI=1S/C11H12ClF3N2S/c12-9-5-7(11(13,14)15)6-17-10(9)18-8-1-3-16-4-2-8/h5-6,8,16H,1-4H2. The molecule has 0 radical (unpaired) electrons. The number of hydrogen-bond acceptors (Lipinski definition) is 3. The Hall–Kier alpha value is -0.460. The van der Waals surface area contributed by atoms with Crippen LogP contribution in [0.4, 0.5) is 13.2 Å². The third-order valence-electron chi connectivity index (χ3n) is 2.70. The van der Waals surface area contributed by atoms with E-state index in [4.69, 9.17) is 11.6 Å². The normalized spacial score (nSPS) is 18.0. The van der Waals surface area contributed by atoms with Gasteiger partial charge in [-0.1, -0.05) is 11.6 Å². The molecular formula is C11H12ClF3N2S. The lowest BCUT2D eigenvalue weighted by Crippen LogP contribution is -2.29. The first-order valence-corrected chi connectivity index (χ1v) is 6.82. The van der Waals surface area contributed by atoms with Crippen LogP contribution in [0.15, 0.2) is 17.3 Å². The maximum atomic E-state index is 12.4. The van der Waals surface area contributed by atoms with Crippen LogP contribution in [0.5, 0.6) is 0 Å². The Labute approximate surface area is 112 Å². The summed E-state index contributed by atoms with van der Waals surface area (Å²) < 4.78 is 37.3. The Morgan fingerprint density at radius 3 is 2.56 bits per heavy atom. The van der Waals surface area contributed by atoms with Crippen molar-refractivity contribution in [2.45, 2.75) is 29.3 Å². The van der Waals surface area contributed by atoms with Crippen molar-refractivity contribution in [1.29, 1.82) is 0 Å². The maximum Gasteiger partial charge on any atom is 0.417 e. The lowest BCUT2D eigenvalue weighted by molar-refractivity contribution is -0.137. The maximum absolute atomic E-state index is 12.4. The highest BCUT2D eigenvalue weighted by Gasteiger charge is 2.31. The summed E-state index contributed by atoms with van der Waals surface area (Å²) in [5.74, 6) is 0. The van der Waals surface area contributed by atoms with Gasteiger partial charge in [-0.25, -0.2) is 4.98 Å². The number of aromatic nitrogens is 1. The van der Waals surface area contributed by atoms with E-state index in [1.807, 2.05) is 0 Å². The van der Waals surface area contributed by atoms with Gasteiger partial charge in [0.05, 0.1) is 10.6 Å². The van der Waals surface area contributed by atoms with E-state index < -0.39 is 11.7 Å². The quantitative estimate of drug-likeness (QED) is 0.902. The SMILES string of the molecule is FC(F)(F)c1cnc(SC2CCNCC2)c(Cl)c1. The summed E-state index contributed by atoms with van der Waals surface area (Å²) in [6, 6.07) is 0.942. The molecule has 0 aromatic carbocycles. The van der Waals surface area contributed by atoms with Crippen LogP contribution >= 0.6 is 23.4 Å². The molecule has 100 valence electrons. The van der Waals surface area contributed by atoms with Crippen molar-refractivity contribution in [1.82, 2.24) is 10.3 Å².